The number of rotatable bonds is 4. The van der Waals surface area contributed by atoms with Crippen molar-refractivity contribution in [3.05, 3.63) is 88.0 Å². The average Bonchev–Trinajstić information content (AvgIpc) is 3.32. The smallest absolute Gasteiger partial charge is 0.338 e. The van der Waals surface area contributed by atoms with Crippen LogP contribution in [0.5, 0.6) is 0 Å². The van der Waals surface area contributed by atoms with Crippen molar-refractivity contribution in [1.82, 2.24) is 4.57 Å². The SMILES string of the molecule is CC1=C(C(=O)OC(C)C)[C@@H](c2cccs2)n2c(s/c(=C/c3c(F)cccc3Cl)c2=O)=N1. The van der Waals surface area contributed by atoms with Crippen LogP contribution in [0.15, 0.2) is 56.8 Å². The van der Waals surface area contributed by atoms with Gasteiger partial charge in [0.05, 0.1) is 26.9 Å². The number of thiazole rings is 1. The van der Waals surface area contributed by atoms with Gasteiger partial charge in [0.2, 0.25) is 0 Å². The van der Waals surface area contributed by atoms with E-state index in [2.05, 4.69) is 4.99 Å². The molecule has 0 radical (unpaired) electrons. The van der Waals surface area contributed by atoms with Crippen molar-refractivity contribution in [3.63, 3.8) is 0 Å². The van der Waals surface area contributed by atoms with Crippen LogP contribution in [-0.2, 0) is 9.53 Å². The van der Waals surface area contributed by atoms with E-state index in [9.17, 15) is 14.0 Å². The summed E-state index contributed by atoms with van der Waals surface area (Å²) in [6, 6.07) is 7.40. The van der Waals surface area contributed by atoms with Gasteiger partial charge in [0.15, 0.2) is 4.80 Å². The number of esters is 1. The Bertz CT molecular complexity index is 1350. The third-order valence-electron chi connectivity index (χ3n) is 4.67. The topological polar surface area (TPSA) is 60.7 Å². The van der Waals surface area contributed by atoms with Gasteiger partial charge in [0.25, 0.3) is 5.56 Å². The molecule has 0 saturated heterocycles. The monoisotopic (exact) mass is 476 g/mol. The van der Waals surface area contributed by atoms with Gasteiger partial charge in [-0.2, -0.15) is 0 Å². The van der Waals surface area contributed by atoms with E-state index < -0.39 is 17.8 Å². The van der Waals surface area contributed by atoms with Gasteiger partial charge in [-0.15, -0.1) is 11.3 Å². The number of aromatic nitrogens is 1. The van der Waals surface area contributed by atoms with Crippen LogP contribution in [0.2, 0.25) is 5.02 Å². The molecule has 3 aromatic rings. The number of allylic oxidation sites excluding steroid dienone is 1. The van der Waals surface area contributed by atoms with Crippen LogP contribution in [0.25, 0.3) is 6.08 Å². The lowest BCUT2D eigenvalue weighted by atomic mass is 10.0. The van der Waals surface area contributed by atoms with Crippen molar-refractivity contribution in [2.24, 2.45) is 4.99 Å². The quantitative estimate of drug-likeness (QED) is 0.534. The van der Waals surface area contributed by atoms with E-state index in [4.69, 9.17) is 16.3 Å². The molecule has 0 aliphatic carbocycles. The largest absolute Gasteiger partial charge is 0.459 e. The Labute approximate surface area is 190 Å². The lowest BCUT2D eigenvalue weighted by Crippen LogP contribution is -2.39. The minimum atomic E-state index is -0.666. The highest BCUT2D eigenvalue weighted by atomic mass is 35.5. The predicted molar refractivity (Wildman–Crippen MR) is 121 cm³/mol. The zero-order valence-electron chi connectivity index (χ0n) is 16.9. The molecule has 0 amide bonds. The van der Waals surface area contributed by atoms with Crippen LogP contribution in [-0.4, -0.2) is 16.6 Å². The summed E-state index contributed by atoms with van der Waals surface area (Å²) in [6.45, 7) is 5.25. The molecule has 4 rings (SSSR count). The average molecular weight is 477 g/mol. The Morgan fingerprint density at radius 2 is 2.10 bits per heavy atom. The second kappa shape index (κ2) is 8.53. The van der Waals surface area contributed by atoms with Crippen LogP contribution in [0.4, 0.5) is 4.39 Å². The number of halogens is 2. The molecule has 0 fully saturated rings. The second-order valence-electron chi connectivity index (χ2n) is 7.19. The summed E-state index contributed by atoms with van der Waals surface area (Å²) in [7, 11) is 0. The van der Waals surface area contributed by atoms with Crippen molar-refractivity contribution in [2.45, 2.75) is 32.9 Å². The van der Waals surface area contributed by atoms with E-state index in [0.717, 1.165) is 16.2 Å². The molecule has 31 heavy (non-hydrogen) atoms. The van der Waals surface area contributed by atoms with Crippen molar-refractivity contribution >= 4 is 46.3 Å². The highest BCUT2D eigenvalue weighted by Gasteiger charge is 2.34. The standard InChI is InChI=1S/C22H18ClFN2O3S2/c1-11(2)29-21(28)18-12(3)25-22-26(19(18)16-8-5-9-30-16)20(27)17(31-22)10-13-14(23)6-4-7-15(13)24/h4-11,19H,1-3H3/b17-10+/t19-/m1/s1. The Morgan fingerprint density at radius 3 is 2.74 bits per heavy atom. The molecule has 0 unspecified atom stereocenters. The van der Waals surface area contributed by atoms with Crippen molar-refractivity contribution in [2.75, 3.05) is 0 Å². The first-order valence-corrected chi connectivity index (χ1v) is 11.6. The van der Waals surface area contributed by atoms with Gasteiger partial charge >= 0.3 is 5.97 Å². The molecular formula is C22H18ClFN2O3S2. The minimum absolute atomic E-state index is 0.136. The van der Waals surface area contributed by atoms with E-state index in [1.54, 1.807) is 26.8 Å². The Balaban J connectivity index is 1.96. The maximum atomic E-state index is 14.3. The molecule has 1 aliphatic heterocycles. The molecule has 1 aliphatic rings. The normalized spacial score (nSPS) is 16.5. The third-order valence-corrected chi connectivity index (χ3v) is 6.91. The van der Waals surface area contributed by atoms with Gasteiger partial charge < -0.3 is 4.74 Å². The first kappa shape index (κ1) is 21.7. The Kier molecular flexibility index (Phi) is 5.96. The van der Waals surface area contributed by atoms with Crippen molar-refractivity contribution < 1.29 is 13.9 Å². The number of hydrogen-bond donors (Lipinski definition) is 0. The fourth-order valence-electron chi connectivity index (χ4n) is 3.36. The second-order valence-corrected chi connectivity index (χ2v) is 9.58. The molecule has 0 spiro atoms. The molecule has 5 nitrogen and oxygen atoms in total. The first-order valence-electron chi connectivity index (χ1n) is 9.49. The molecule has 160 valence electrons. The molecule has 0 saturated carbocycles. The number of fused-ring (bicyclic) bond motifs is 1. The van der Waals surface area contributed by atoms with Gasteiger partial charge in [-0.3, -0.25) is 9.36 Å². The van der Waals surface area contributed by atoms with Gasteiger partial charge in [0, 0.05) is 10.4 Å². The highest BCUT2D eigenvalue weighted by Crippen LogP contribution is 2.33. The van der Waals surface area contributed by atoms with Crippen molar-refractivity contribution in [3.8, 4) is 0 Å². The van der Waals surface area contributed by atoms with E-state index in [0.29, 0.717) is 16.1 Å². The van der Waals surface area contributed by atoms with E-state index in [1.807, 2.05) is 17.5 Å². The molecule has 1 atom stereocenters. The van der Waals surface area contributed by atoms with Gasteiger partial charge in [0.1, 0.15) is 11.9 Å². The number of nitrogens with zero attached hydrogens (tertiary/aromatic N) is 2. The zero-order chi connectivity index (χ0) is 22.3. The number of carbonyl (C=O) groups excluding carboxylic acids is 1. The van der Waals surface area contributed by atoms with E-state index in [1.165, 1.54) is 34.1 Å². The van der Waals surface area contributed by atoms with Crippen molar-refractivity contribution in [1.29, 1.82) is 0 Å². The van der Waals surface area contributed by atoms with Crippen LogP contribution >= 0.6 is 34.3 Å². The summed E-state index contributed by atoms with van der Waals surface area (Å²) in [5, 5.41) is 2.09. The van der Waals surface area contributed by atoms with Crippen LogP contribution < -0.4 is 14.9 Å². The maximum absolute atomic E-state index is 14.3. The number of thiophene rings is 1. The zero-order valence-corrected chi connectivity index (χ0v) is 19.3. The predicted octanol–water partition coefficient (Wildman–Crippen LogP) is 4.04. The molecule has 9 heteroatoms. The molecule has 0 N–H and O–H groups in total. The molecule has 1 aromatic carbocycles. The lowest BCUT2D eigenvalue weighted by Gasteiger charge is -2.24. The van der Waals surface area contributed by atoms with Gasteiger partial charge in [-0.1, -0.05) is 35.1 Å². The van der Waals surface area contributed by atoms with Crippen LogP contribution in [0.3, 0.4) is 0 Å². The first-order chi connectivity index (χ1) is 14.8. The highest BCUT2D eigenvalue weighted by molar-refractivity contribution is 7.10. The summed E-state index contributed by atoms with van der Waals surface area (Å²) in [6.07, 6.45) is 1.11. The summed E-state index contributed by atoms with van der Waals surface area (Å²) in [5.41, 5.74) is 0.570. The van der Waals surface area contributed by atoms with Gasteiger partial charge in [-0.25, -0.2) is 14.2 Å². The summed E-state index contributed by atoms with van der Waals surface area (Å²) in [5.74, 6) is -1.04. The molecule has 2 aromatic heterocycles. The fraction of sp³-hybridized carbons (Fsp3) is 0.227. The number of ether oxygens (including phenoxy) is 1. The Hall–Kier alpha value is -2.55. The molecule has 0 bridgehead atoms. The summed E-state index contributed by atoms with van der Waals surface area (Å²) < 4.78 is 21.5. The maximum Gasteiger partial charge on any atom is 0.338 e. The van der Waals surface area contributed by atoms with Gasteiger partial charge in [-0.05, 0) is 50.4 Å². The Morgan fingerprint density at radius 1 is 1.32 bits per heavy atom. The minimum Gasteiger partial charge on any atom is -0.459 e. The number of hydrogen-bond acceptors (Lipinski definition) is 6. The summed E-state index contributed by atoms with van der Waals surface area (Å²) >= 11 is 8.70. The van der Waals surface area contributed by atoms with E-state index in [-0.39, 0.29) is 26.8 Å². The lowest BCUT2D eigenvalue weighted by molar-refractivity contribution is -0.143. The molecular weight excluding hydrogens is 459 g/mol. The number of benzene rings is 1. The van der Waals surface area contributed by atoms with E-state index >= 15 is 0 Å². The summed E-state index contributed by atoms with van der Waals surface area (Å²) in [4.78, 5) is 32.0. The van der Waals surface area contributed by atoms with Crippen LogP contribution in [0, 0.1) is 5.82 Å². The van der Waals surface area contributed by atoms with Crippen LogP contribution in [0.1, 0.15) is 37.3 Å². The number of carbonyl (C=O) groups is 1. The fourth-order valence-corrected chi connectivity index (χ4v) is 5.43. The molecule has 3 heterocycles. The third kappa shape index (κ3) is 4.03.